The van der Waals surface area contributed by atoms with E-state index >= 15 is 0 Å². The van der Waals surface area contributed by atoms with E-state index in [1.807, 2.05) is 0 Å². The van der Waals surface area contributed by atoms with Crippen LogP contribution in [0.15, 0.2) is 0 Å². The van der Waals surface area contributed by atoms with Crippen molar-refractivity contribution in [1.29, 1.82) is 0 Å². The lowest BCUT2D eigenvalue weighted by Crippen LogP contribution is -2.55. The summed E-state index contributed by atoms with van der Waals surface area (Å²) in [6.07, 6.45) is -3.25. The average Bonchev–Trinajstić information content (AvgIpc) is 2.14. The van der Waals surface area contributed by atoms with Gasteiger partial charge < -0.3 is 19.3 Å². The molecular formula is C7H13NO8S2-2. The number of hydrogen-bond acceptors (Lipinski definition) is 8. The molecular weight excluding hydrogens is 290 g/mol. The van der Waals surface area contributed by atoms with Crippen LogP contribution < -0.4 is 4.72 Å². The minimum atomic E-state index is -4.78. The summed E-state index contributed by atoms with van der Waals surface area (Å²) in [5.74, 6) is -1.82. The molecule has 2 unspecified atom stereocenters. The first-order chi connectivity index (χ1) is 7.99. The summed E-state index contributed by atoms with van der Waals surface area (Å²) < 4.78 is 64.6. The topological polar surface area (TPSA) is 167 Å². The highest BCUT2D eigenvalue weighted by Gasteiger charge is 2.38. The fourth-order valence-corrected chi connectivity index (χ4v) is 3.53. The molecule has 1 saturated carbocycles. The van der Waals surface area contributed by atoms with Gasteiger partial charge in [-0.3, -0.25) is 0 Å². The summed E-state index contributed by atoms with van der Waals surface area (Å²) in [5, 5.41) is 19.1. The van der Waals surface area contributed by atoms with Crippen molar-refractivity contribution in [1.82, 2.24) is 4.72 Å². The van der Waals surface area contributed by atoms with Crippen LogP contribution in [-0.2, 0) is 20.4 Å². The minimum Gasteiger partial charge on any atom is -0.748 e. The fraction of sp³-hybridized carbons (Fsp3) is 1.00. The maximum atomic E-state index is 10.6. The Labute approximate surface area is 104 Å². The molecule has 11 heteroatoms. The van der Waals surface area contributed by atoms with E-state index in [0.29, 0.717) is 0 Å². The molecule has 18 heavy (non-hydrogen) atoms. The van der Waals surface area contributed by atoms with Crippen molar-refractivity contribution in [2.75, 3.05) is 5.75 Å². The van der Waals surface area contributed by atoms with Crippen LogP contribution in [0.3, 0.4) is 0 Å². The predicted molar refractivity (Wildman–Crippen MR) is 55.9 cm³/mol. The number of aliphatic hydroxyl groups excluding tert-OH is 2. The van der Waals surface area contributed by atoms with Crippen molar-refractivity contribution in [2.24, 2.45) is 5.92 Å². The highest BCUT2D eigenvalue weighted by molar-refractivity contribution is 7.85. The molecule has 0 aromatic rings. The molecule has 0 spiro atoms. The van der Waals surface area contributed by atoms with Gasteiger partial charge in [-0.15, -0.1) is 0 Å². The second kappa shape index (κ2) is 5.36. The van der Waals surface area contributed by atoms with Crippen LogP contribution in [0.2, 0.25) is 0 Å². The molecule has 0 aromatic heterocycles. The van der Waals surface area contributed by atoms with Gasteiger partial charge in [0.05, 0.1) is 22.3 Å². The minimum absolute atomic E-state index is 0.00683. The molecule has 0 saturated heterocycles. The predicted octanol–water partition coefficient (Wildman–Crippen LogP) is -2.92. The van der Waals surface area contributed by atoms with E-state index < -0.39 is 50.3 Å². The Bertz CT molecular complexity index is 440. The van der Waals surface area contributed by atoms with Gasteiger partial charge in [-0.1, -0.05) is 0 Å². The van der Waals surface area contributed by atoms with E-state index in [0.717, 1.165) is 0 Å². The quantitative estimate of drug-likeness (QED) is 0.464. The third kappa shape index (κ3) is 4.76. The van der Waals surface area contributed by atoms with Gasteiger partial charge in [0.15, 0.2) is 10.3 Å². The van der Waals surface area contributed by atoms with Crippen molar-refractivity contribution in [3.8, 4) is 0 Å². The summed E-state index contributed by atoms with van der Waals surface area (Å²) in [6, 6.07) is -1.19. The van der Waals surface area contributed by atoms with E-state index in [2.05, 4.69) is 0 Å². The van der Waals surface area contributed by atoms with Crippen LogP contribution in [0.4, 0.5) is 0 Å². The Kier molecular flexibility index (Phi) is 4.70. The molecule has 3 N–H and O–H groups in total. The smallest absolute Gasteiger partial charge is 0.159 e. The number of rotatable bonds is 4. The van der Waals surface area contributed by atoms with Gasteiger partial charge in [-0.05, 0) is 12.8 Å². The van der Waals surface area contributed by atoms with Gasteiger partial charge in [0.25, 0.3) is 0 Å². The van der Waals surface area contributed by atoms with Crippen molar-refractivity contribution in [3.63, 3.8) is 0 Å². The second-order valence-corrected chi connectivity index (χ2v) is 6.81. The third-order valence-corrected chi connectivity index (χ3v) is 4.24. The van der Waals surface area contributed by atoms with E-state index in [1.54, 1.807) is 4.72 Å². The summed E-state index contributed by atoms with van der Waals surface area (Å²) in [7, 11) is -9.34. The lowest BCUT2D eigenvalue weighted by atomic mass is 9.83. The largest absolute Gasteiger partial charge is 0.748 e. The van der Waals surface area contributed by atoms with Crippen LogP contribution in [0, 0.1) is 5.92 Å². The zero-order valence-corrected chi connectivity index (χ0v) is 10.7. The van der Waals surface area contributed by atoms with Crippen LogP contribution in [0.1, 0.15) is 12.8 Å². The molecule has 0 heterocycles. The van der Waals surface area contributed by atoms with Crippen LogP contribution >= 0.6 is 0 Å². The first-order valence-corrected chi connectivity index (χ1v) is 8.01. The van der Waals surface area contributed by atoms with Gasteiger partial charge in [0.2, 0.25) is 0 Å². The molecule has 108 valence electrons. The molecule has 1 fully saturated rings. The van der Waals surface area contributed by atoms with E-state index in [-0.39, 0.29) is 12.8 Å². The summed E-state index contributed by atoms with van der Waals surface area (Å²) in [6.45, 7) is 0. The zero-order chi connectivity index (χ0) is 14.1. The van der Waals surface area contributed by atoms with Crippen molar-refractivity contribution in [2.45, 2.75) is 31.1 Å². The molecule has 0 aliphatic heterocycles. The Morgan fingerprint density at radius 3 is 2.06 bits per heavy atom. The van der Waals surface area contributed by atoms with Crippen LogP contribution in [-0.4, -0.2) is 60.2 Å². The molecule has 1 rings (SSSR count). The van der Waals surface area contributed by atoms with Crippen LogP contribution in [0.5, 0.6) is 0 Å². The molecule has 9 nitrogen and oxygen atoms in total. The first-order valence-electron chi connectivity index (χ1n) is 5.02. The Hall–Kier alpha value is -0.300. The molecule has 0 amide bonds. The summed E-state index contributed by atoms with van der Waals surface area (Å²) >= 11 is 0. The molecule has 0 bridgehead atoms. The van der Waals surface area contributed by atoms with Gasteiger partial charge in [-0.2, -0.15) is 0 Å². The second-order valence-electron chi connectivity index (χ2n) is 4.22. The lowest BCUT2D eigenvalue weighted by Gasteiger charge is -2.38. The maximum absolute atomic E-state index is 10.6. The first kappa shape index (κ1) is 15.8. The van der Waals surface area contributed by atoms with Crippen molar-refractivity contribution in [3.05, 3.63) is 0 Å². The summed E-state index contributed by atoms with van der Waals surface area (Å²) in [5.41, 5.74) is 0. The monoisotopic (exact) mass is 303 g/mol. The van der Waals surface area contributed by atoms with Gasteiger partial charge >= 0.3 is 0 Å². The lowest BCUT2D eigenvalue weighted by molar-refractivity contribution is -0.0529. The highest BCUT2D eigenvalue weighted by atomic mass is 32.2. The van der Waals surface area contributed by atoms with Crippen LogP contribution in [0.25, 0.3) is 0 Å². The van der Waals surface area contributed by atoms with Crippen molar-refractivity contribution < 1.29 is 36.2 Å². The number of aliphatic hydroxyl groups is 2. The Morgan fingerprint density at radius 1 is 1.06 bits per heavy atom. The Morgan fingerprint density at radius 2 is 1.61 bits per heavy atom. The van der Waals surface area contributed by atoms with Gasteiger partial charge in [0, 0.05) is 17.7 Å². The average molecular weight is 303 g/mol. The van der Waals surface area contributed by atoms with Gasteiger partial charge in [0.1, 0.15) is 0 Å². The number of hydrogen-bond donors (Lipinski definition) is 3. The highest BCUT2D eigenvalue weighted by Crippen LogP contribution is 2.26. The summed E-state index contributed by atoms with van der Waals surface area (Å²) in [4.78, 5) is 0. The van der Waals surface area contributed by atoms with Gasteiger partial charge in [-0.25, -0.2) is 21.6 Å². The normalized spacial score (nSPS) is 34.4. The number of nitrogens with one attached hydrogen (secondary N) is 1. The zero-order valence-electron chi connectivity index (χ0n) is 9.09. The van der Waals surface area contributed by atoms with E-state index in [4.69, 9.17) is 0 Å². The van der Waals surface area contributed by atoms with Crippen molar-refractivity contribution >= 4 is 20.4 Å². The molecule has 0 aromatic carbocycles. The molecule has 1 aliphatic rings. The SMILES string of the molecule is O=S(=O)([O-])CC1CCC(NS(=O)(=O)[O-])[C@H](O)[C@@H]1O. The van der Waals surface area contributed by atoms with E-state index in [9.17, 15) is 36.2 Å². The third-order valence-electron chi connectivity index (χ3n) is 2.81. The Balaban J connectivity index is 2.72. The van der Waals surface area contributed by atoms with E-state index in [1.165, 1.54) is 0 Å². The maximum Gasteiger partial charge on any atom is 0.159 e. The standard InChI is InChI=1S/C7H15NO8S2/c9-6-4(3-17(11,12)13)1-2-5(7(6)10)8-18(14,15)16/h4-10H,1-3H2,(H,11,12,13)(H,14,15,16)/p-2/t4?,5?,6-,7+/m1/s1. The molecule has 4 atom stereocenters. The molecule has 0 radical (unpaired) electrons. The molecule has 1 aliphatic carbocycles. The fourth-order valence-electron chi connectivity index (χ4n) is 2.01.